The predicted octanol–water partition coefficient (Wildman–Crippen LogP) is 6.26. The maximum absolute atomic E-state index is 16.2. The average molecular weight is 704 g/mol. The second-order valence-electron chi connectivity index (χ2n) is 13.6. The molecule has 10 heteroatoms. The molecule has 10 rings (SSSR count). The SMILES string of the molecule is CC(=O)Oc1ccc(N2C(=O)[C@@H]3[C@H](C2=O)[C@@]2(c4ccccc4)C(=O)[C@@]3(c3ccccc3)C(c3ccc4c(c3)OCO4)=C2c2ccc3c(c2)OCO3)cc1. The zero-order chi connectivity index (χ0) is 36.1. The molecule has 5 aromatic carbocycles. The molecule has 260 valence electrons. The molecule has 0 unspecified atom stereocenters. The van der Waals surface area contributed by atoms with E-state index in [1.54, 1.807) is 24.3 Å². The van der Waals surface area contributed by atoms with E-state index in [0.29, 0.717) is 62.1 Å². The number of allylic oxidation sites excluding steroid dienone is 2. The molecule has 1 saturated heterocycles. The van der Waals surface area contributed by atoms with Gasteiger partial charge in [0.05, 0.1) is 28.4 Å². The van der Waals surface area contributed by atoms with Gasteiger partial charge in [-0.05, 0) is 81.9 Å². The van der Waals surface area contributed by atoms with Crippen molar-refractivity contribution in [1.82, 2.24) is 0 Å². The van der Waals surface area contributed by atoms with E-state index in [2.05, 4.69) is 0 Å². The molecule has 53 heavy (non-hydrogen) atoms. The molecular formula is C43H29NO9. The molecule has 1 saturated carbocycles. The number of benzene rings is 5. The molecule has 5 aromatic rings. The van der Waals surface area contributed by atoms with Crippen molar-refractivity contribution in [3.63, 3.8) is 0 Å². The first-order valence-electron chi connectivity index (χ1n) is 17.2. The number of esters is 1. The van der Waals surface area contributed by atoms with Crippen LogP contribution in [-0.4, -0.2) is 37.2 Å². The molecule has 4 atom stereocenters. The minimum atomic E-state index is -1.62. The van der Waals surface area contributed by atoms with Crippen LogP contribution in [-0.2, 0) is 30.0 Å². The summed E-state index contributed by atoms with van der Waals surface area (Å²) in [6.07, 6.45) is 0. The fraction of sp³-hybridized carbons (Fsp3) is 0.163. The van der Waals surface area contributed by atoms with Crippen LogP contribution in [0.4, 0.5) is 5.69 Å². The molecule has 0 N–H and O–H groups in total. The van der Waals surface area contributed by atoms with Gasteiger partial charge in [-0.2, -0.15) is 0 Å². The van der Waals surface area contributed by atoms with Crippen LogP contribution >= 0.6 is 0 Å². The fourth-order valence-electron chi connectivity index (χ4n) is 9.31. The van der Waals surface area contributed by atoms with Crippen molar-refractivity contribution in [2.24, 2.45) is 11.8 Å². The predicted molar refractivity (Wildman–Crippen MR) is 190 cm³/mol. The number of hydrogen-bond acceptors (Lipinski definition) is 9. The Morgan fingerprint density at radius 1 is 0.604 bits per heavy atom. The summed E-state index contributed by atoms with van der Waals surface area (Å²) in [5.74, 6) is -1.60. The van der Waals surface area contributed by atoms with Crippen molar-refractivity contribution in [2.75, 3.05) is 18.5 Å². The summed E-state index contributed by atoms with van der Waals surface area (Å²) < 4.78 is 28.3. The topological polar surface area (TPSA) is 118 Å². The first-order valence-corrected chi connectivity index (χ1v) is 17.2. The van der Waals surface area contributed by atoms with Gasteiger partial charge in [0.25, 0.3) is 0 Å². The third kappa shape index (κ3) is 4.03. The summed E-state index contributed by atoms with van der Waals surface area (Å²) in [7, 11) is 0. The van der Waals surface area contributed by atoms with Gasteiger partial charge in [0.15, 0.2) is 28.8 Å². The zero-order valence-corrected chi connectivity index (χ0v) is 28.2. The number of amides is 2. The second-order valence-corrected chi connectivity index (χ2v) is 13.6. The van der Waals surface area contributed by atoms with E-state index in [9.17, 15) is 4.79 Å². The van der Waals surface area contributed by atoms with Crippen molar-refractivity contribution in [3.8, 4) is 28.7 Å². The van der Waals surface area contributed by atoms with E-state index in [1.165, 1.54) is 11.8 Å². The van der Waals surface area contributed by atoms with Gasteiger partial charge in [-0.1, -0.05) is 72.8 Å². The molecule has 0 aromatic heterocycles. The summed E-state index contributed by atoms with van der Waals surface area (Å²) in [4.78, 5) is 59.6. The number of fused-ring (bicyclic) bond motifs is 7. The Morgan fingerprint density at radius 2 is 1.06 bits per heavy atom. The van der Waals surface area contributed by atoms with E-state index >= 15 is 14.4 Å². The van der Waals surface area contributed by atoms with Gasteiger partial charge in [0.2, 0.25) is 25.4 Å². The number of carbonyl (C=O) groups excluding carboxylic acids is 4. The van der Waals surface area contributed by atoms with E-state index in [1.807, 2.05) is 97.1 Å². The number of imide groups is 1. The molecule has 3 aliphatic heterocycles. The Hall–Kier alpha value is -6.68. The lowest BCUT2D eigenvalue weighted by molar-refractivity contribution is -0.132. The van der Waals surface area contributed by atoms with Crippen molar-refractivity contribution in [2.45, 2.75) is 17.8 Å². The number of rotatable bonds is 6. The monoisotopic (exact) mass is 703 g/mol. The highest BCUT2D eigenvalue weighted by molar-refractivity contribution is 6.39. The molecule has 0 spiro atoms. The molecule has 2 bridgehead atoms. The third-order valence-electron chi connectivity index (χ3n) is 11.1. The lowest BCUT2D eigenvalue weighted by Crippen LogP contribution is -2.45. The number of nitrogens with zero attached hydrogens (tertiary/aromatic N) is 1. The van der Waals surface area contributed by atoms with E-state index in [0.717, 1.165) is 0 Å². The third-order valence-corrected chi connectivity index (χ3v) is 11.1. The number of ether oxygens (including phenoxy) is 5. The Labute approximate surface area is 303 Å². The van der Waals surface area contributed by atoms with Crippen LogP contribution in [0, 0.1) is 11.8 Å². The van der Waals surface area contributed by atoms with Crippen LogP contribution in [0.3, 0.4) is 0 Å². The highest BCUT2D eigenvalue weighted by Gasteiger charge is 2.82. The Kier molecular flexibility index (Phi) is 6.54. The van der Waals surface area contributed by atoms with Gasteiger partial charge in [0, 0.05) is 6.92 Å². The van der Waals surface area contributed by atoms with Gasteiger partial charge < -0.3 is 23.7 Å². The second kappa shape index (κ2) is 11.2. The van der Waals surface area contributed by atoms with Crippen LogP contribution in [0.5, 0.6) is 28.7 Å². The molecule has 2 aliphatic carbocycles. The minimum absolute atomic E-state index is 0.0481. The summed E-state index contributed by atoms with van der Waals surface area (Å²) in [5, 5.41) is 0. The van der Waals surface area contributed by atoms with Gasteiger partial charge in [0.1, 0.15) is 5.75 Å². The van der Waals surface area contributed by atoms with Crippen molar-refractivity contribution >= 4 is 40.4 Å². The Bertz CT molecular complexity index is 2300. The fourth-order valence-corrected chi connectivity index (χ4v) is 9.31. The van der Waals surface area contributed by atoms with Crippen LogP contribution < -0.4 is 28.6 Å². The van der Waals surface area contributed by atoms with Crippen LogP contribution in [0.1, 0.15) is 29.2 Å². The lowest BCUT2D eigenvalue weighted by Gasteiger charge is -2.39. The smallest absolute Gasteiger partial charge is 0.308 e. The van der Waals surface area contributed by atoms with E-state index in [4.69, 9.17) is 23.7 Å². The van der Waals surface area contributed by atoms with Gasteiger partial charge in [-0.3, -0.25) is 19.2 Å². The number of anilines is 1. The highest BCUT2D eigenvalue weighted by Crippen LogP contribution is 2.74. The summed E-state index contributed by atoms with van der Waals surface area (Å²) in [5.41, 5.74) is 0.746. The van der Waals surface area contributed by atoms with Crippen molar-refractivity contribution in [3.05, 3.63) is 144 Å². The normalized spacial score (nSPS) is 24.6. The maximum Gasteiger partial charge on any atom is 0.308 e. The molecule has 5 aliphatic rings. The first-order chi connectivity index (χ1) is 25.8. The maximum atomic E-state index is 16.2. The Balaban J connectivity index is 1.32. The quantitative estimate of drug-likeness (QED) is 0.115. The lowest BCUT2D eigenvalue weighted by atomic mass is 9.59. The van der Waals surface area contributed by atoms with Crippen LogP contribution in [0.25, 0.3) is 11.1 Å². The van der Waals surface area contributed by atoms with Crippen LogP contribution in [0.2, 0.25) is 0 Å². The summed E-state index contributed by atoms with van der Waals surface area (Å²) >= 11 is 0. The van der Waals surface area contributed by atoms with Gasteiger partial charge in [-0.15, -0.1) is 0 Å². The molecule has 3 heterocycles. The van der Waals surface area contributed by atoms with Crippen molar-refractivity contribution < 1.29 is 42.9 Å². The number of carbonyl (C=O) groups is 4. The molecule has 2 fully saturated rings. The average Bonchev–Trinajstić information content (AvgIpc) is 3.99. The van der Waals surface area contributed by atoms with E-state index < -0.39 is 40.4 Å². The minimum Gasteiger partial charge on any atom is -0.454 e. The molecule has 0 radical (unpaired) electrons. The Morgan fingerprint density at radius 3 is 1.51 bits per heavy atom. The molecule has 10 nitrogen and oxygen atoms in total. The largest absolute Gasteiger partial charge is 0.454 e. The number of hydrogen-bond donors (Lipinski definition) is 0. The summed E-state index contributed by atoms with van der Waals surface area (Å²) in [6.45, 7) is 1.39. The zero-order valence-electron chi connectivity index (χ0n) is 28.2. The van der Waals surface area contributed by atoms with Crippen LogP contribution in [0.15, 0.2) is 121 Å². The number of Topliss-reactive ketones (excluding diaryl/α,β-unsaturated/α-hetero) is 1. The standard InChI is InChI=1S/C43H29NO9/c1-24(45)53-30-16-14-29(15-17-30)44-39(46)37-38(40(44)47)43(28-10-6-3-7-11-28)36(26-13-19-32-34(21-26)52-23-50-32)35(25-12-18-31-33(20-25)51-22-49-31)42(37,41(43)48)27-8-4-2-5-9-27/h2-21,37-38H,22-23H2,1H3/t37-,38+,42-,43-/m0/s1. The van der Waals surface area contributed by atoms with E-state index in [-0.39, 0.29) is 25.1 Å². The van der Waals surface area contributed by atoms with Gasteiger partial charge in [-0.25, -0.2) is 4.90 Å². The first kappa shape index (κ1) is 31.1. The van der Waals surface area contributed by atoms with Gasteiger partial charge >= 0.3 is 5.97 Å². The highest BCUT2D eigenvalue weighted by atomic mass is 16.7. The summed E-state index contributed by atoms with van der Waals surface area (Å²) in [6, 6.07) is 35.9. The molecular weight excluding hydrogens is 674 g/mol. The van der Waals surface area contributed by atoms with Crippen molar-refractivity contribution in [1.29, 1.82) is 0 Å². The number of ketones is 1. The molecule has 2 amide bonds.